The molecule has 0 spiro atoms. The van der Waals surface area contributed by atoms with E-state index in [4.69, 9.17) is 4.74 Å². The molecule has 1 heterocycles. The molecule has 2 N–H and O–H groups in total. The molecule has 0 atom stereocenters. The summed E-state index contributed by atoms with van der Waals surface area (Å²) in [4.78, 5) is 13.1. The van der Waals surface area contributed by atoms with E-state index in [9.17, 15) is 15.0 Å². The number of carbonyl (C=O) groups is 1. The molecular formula is C20H11I4NaO4. The Bertz CT molecular complexity index is 1070. The van der Waals surface area contributed by atoms with Gasteiger partial charge in [0.05, 0.1) is 5.56 Å². The Balaban J connectivity index is 0.00000240. The molecule has 0 fully saturated rings. The number of carbonyl (C=O) groups excluding carboxylic acids is 1. The first kappa shape index (κ1) is 24.3. The van der Waals surface area contributed by atoms with Gasteiger partial charge in [-0.15, -0.1) is 0 Å². The number of esters is 1. The second-order valence-electron chi connectivity index (χ2n) is 6.17. The van der Waals surface area contributed by atoms with Crippen molar-refractivity contribution in [3.63, 3.8) is 0 Å². The molecule has 0 aliphatic carbocycles. The van der Waals surface area contributed by atoms with Gasteiger partial charge in [-0.2, -0.15) is 0 Å². The van der Waals surface area contributed by atoms with Crippen molar-refractivity contribution in [3.05, 3.63) is 85.1 Å². The number of aromatic hydroxyl groups is 2. The van der Waals surface area contributed by atoms with E-state index >= 15 is 0 Å². The van der Waals surface area contributed by atoms with Crippen LogP contribution in [-0.4, -0.2) is 45.7 Å². The van der Waals surface area contributed by atoms with Gasteiger partial charge in [0.25, 0.3) is 0 Å². The maximum atomic E-state index is 13.1. The van der Waals surface area contributed by atoms with Gasteiger partial charge in [-0.05, 0) is 115 Å². The number of ether oxygens (including phenoxy) is 1. The number of phenolic OH excluding ortho intramolecular Hbond substituents is 2. The number of phenols is 2. The molecule has 0 saturated heterocycles. The van der Waals surface area contributed by atoms with Crippen molar-refractivity contribution in [2.45, 2.75) is 5.60 Å². The Kier molecular flexibility index (Phi) is 7.75. The predicted molar refractivity (Wildman–Crippen MR) is 146 cm³/mol. The van der Waals surface area contributed by atoms with Crippen molar-refractivity contribution in [2.24, 2.45) is 0 Å². The number of hydrogen-bond acceptors (Lipinski definition) is 4. The average molecular weight is 846 g/mol. The van der Waals surface area contributed by atoms with Gasteiger partial charge in [0.1, 0.15) is 11.5 Å². The zero-order chi connectivity index (χ0) is 20.2. The number of fused-ring (bicyclic) bond motifs is 1. The second kappa shape index (κ2) is 9.25. The van der Waals surface area contributed by atoms with Crippen molar-refractivity contribution in [3.8, 4) is 11.5 Å². The van der Waals surface area contributed by atoms with Crippen molar-refractivity contribution in [2.75, 3.05) is 0 Å². The fourth-order valence-electron chi connectivity index (χ4n) is 3.36. The summed E-state index contributed by atoms with van der Waals surface area (Å²) < 4.78 is 10.0. The summed E-state index contributed by atoms with van der Waals surface area (Å²) in [6.07, 6.45) is 0. The van der Waals surface area contributed by atoms with Crippen LogP contribution >= 0.6 is 90.4 Å². The van der Waals surface area contributed by atoms with Crippen LogP contribution < -0.4 is 0 Å². The van der Waals surface area contributed by atoms with Gasteiger partial charge in [-0.3, -0.25) is 0 Å². The van der Waals surface area contributed by atoms with E-state index in [-0.39, 0.29) is 47.0 Å². The number of hydrogen-bond donors (Lipinski definition) is 2. The average Bonchev–Trinajstić information content (AvgIpc) is 3.00. The Morgan fingerprint density at radius 3 is 1.55 bits per heavy atom. The molecule has 144 valence electrons. The molecule has 4 nitrogen and oxygen atoms in total. The molecule has 0 aromatic heterocycles. The Hall–Kier alpha value is 0.650. The molecule has 1 aliphatic heterocycles. The van der Waals surface area contributed by atoms with Gasteiger partial charge in [0.15, 0.2) is 5.60 Å². The van der Waals surface area contributed by atoms with Crippen LogP contribution in [-0.2, 0) is 10.3 Å². The zero-order valence-electron chi connectivity index (χ0n) is 13.8. The molecule has 29 heavy (non-hydrogen) atoms. The minimum absolute atomic E-state index is 0. The molecular weight excluding hydrogens is 835 g/mol. The van der Waals surface area contributed by atoms with Crippen molar-refractivity contribution >= 4 is 126 Å². The molecule has 3 aromatic rings. The third-order valence-corrected chi connectivity index (χ3v) is 12.0. The monoisotopic (exact) mass is 846 g/mol. The number of halogens is 4. The van der Waals surface area contributed by atoms with Crippen LogP contribution in [0.3, 0.4) is 0 Å². The van der Waals surface area contributed by atoms with Gasteiger partial charge in [0, 0.05) is 31.0 Å². The van der Waals surface area contributed by atoms with E-state index in [1.54, 1.807) is 48.5 Å². The molecule has 0 bridgehead atoms. The Labute approximate surface area is 244 Å². The van der Waals surface area contributed by atoms with E-state index in [0.717, 1.165) is 31.0 Å². The van der Waals surface area contributed by atoms with E-state index in [1.165, 1.54) is 0 Å². The topological polar surface area (TPSA) is 66.8 Å². The summed E-state index contributed by atoms with van der Waals surface area (Å²) in [5.74, 6) is -0.112. The van der Waals surface area contributed by atoms with E-state index in [0.29, 0.717) is 5.56 Å². The molecule has 0 unspecified atom stereocenters. The molecule has 9 heteroatoms. The quantitative estimate of drug-likeness (QED) is 0.121. The van der Waals surface area contributed by atoms with Crippen LogP contribution in [0, 0.1) is 14.3 Å². The fourth-order valence-corrected chi connectivity index (χ4v) is 7.15. The maximum absolute atomic E-state index is 13.1. The zero-order valence-corrected chi connectivity index (χ0v) is 22.5. The first-order valence-corrected chi connectivity index (χ1v) is 12.3. The van der Waals surface area contributed by atoms with Gasteiger partial charge in [-0.25, -0.2) is 4.79 Å². The molecule has 0 saturated carbocycles. The predicted octanol–water partition coefficient (Wildman–Crippen LogP) is 5.33. The van der Waals surface area contributed by atoms with Crippen molar-refractivity contribution < 1.29 is 19.7 Å². The molecule has 0 radical (unpaired) electrons. The summed E-state index contributed by atoms with van der Waals surface area (Å²) in [7, 11) is 0. The molecule has 1 aliphatic rings. The Morgan fingerprint density at radius 2 is 1.10 bits per heavy atom. The second-order valence-corrected chi connectivity index (χ2v) is 10.5. The first-order chi connectivity index (χ1) is 13.3. The van der Waals surface area contributed by atoms with Gasteiger partial charge >= 0.3 is 35.5 Å². The van der Waals surface area contributed by atoms with Crippen LogP contribution in [0.15, 0.2) is 48.5 Å². The van der Waals surface area contributed by atoms with Crippen LogP contribution in [0.5, 0.6) is 11.5 Å². The third-order valence-electron chi connectivity index (χ3n) is 4.62. The fraction of sp³-hybridized carbons (Fsp3) is 0.0500. The SMILES string of the molecule is O=C1OC(c2ccc(O)cc2)(c2ccc(O)cc2)c2c(I)c(I)c(I)c(I)c21.[NaH]. The normalized spacial score (nSPS) is 14.1. The third kappa shape index (κ3) is 3.96. The van der Waals surface area contributed by atoms with Gasteiger partial charge in [0.2, 0.25) is 0 Å². The van der Waals surface area contributed by atoms with Crippen molar-refractivity contribution in [1.82, 2.24) is 0 Å². The molecule has 0 amide bonds. The van der Waals surface area contributed by atoms with E-state index in [1.807, 2.05) is 0 Å². The number of cyclic esters (lactones) is 1. The molecule has 3 aromatic carbocycles. The van der Waals surface area contributed by atoms with Crippen LogP contribution in [0.1, 0.15) is 27.0 Å². The Morgan fingerprint density at radius 1 is 0.690 bits per heavy atom. The van der Waals surface area contributed by atoms with Crippen LogP contribution in [0.2, 0.25) is 0 Å². The van der Waals surface area contributed by atoms with E-state index < -0.39 is 5.60 Å². The number of rotatable bonds is 2. The van der Waals surface area contributed by atoms with Gasteiger partial charge in [-0.1, -0.05) is 24.3 Å². The molecule has 4 rings (SSSR count). The van der Waals surface area contributed by atoms with Crippen LogP contribution in [0.4, 0.5) is 0 Å². The summed E-state index contributed by atoms with van der Waals surface area (Å²) in [6, 6.07) is 13.4. The summed E-state index contributed by atoms with van der Waals surface area (Å²) in [6.45, 7) is 0. The summed E-state index contributed by atoms with van der Waals surface area (Å²) in [5.41, 5.74) is 1.66. The summed E-state index contributed by atoms with van der Waals surface area (Å²) in [5, 5.41) is 19.5. The van der Waals surface area contributed by atoms with Crippen LogP contribution in [0.25, 0.3) is 0 Å². The summed E-state index contributed by atoms with van der Waals surface area (Å²) >= 11 is 9.01. The standard InChI is InChI=1S/C20H10I4O4.Na.H/c21-15-13-14(16(22)18(24)17(15)23)20(28-19(13)27,9-1-5-11(25)6-2-9)10-3-7-12(26)8-4-10;;/h1-8,25-26H;;. The first-order valence-electron chi connectivity index (χ1n) is 7.96. The van der Waals surface area contributed by atoms with Gasteiger partial charge < -0.3 is 14.9 Å². The number of benzene rings is 3. The minimum atomic E-state index is -1.16. The van der Waals surface area contributed by atoms with E-state index in [2.05, 4.69) is 90.4 Å². The van der Waals surface area contributed by atoms with Crippen molar-refractivity contribution in [1.29, 1.82) is 0 Å².